The standard InChI is InChI=1S/C11H11ClF2O/c1-7-3-4-9(8(2)5-7)11(13,14)10(15)6-12/h3-5H,6H2,1-2H3. The molecule has 0 aliphatic carbocycles. The fraction of sp³-hybridized carbons (Fsp3) is 0.364. The summed E-state index contributed by atoms with van der Waals surface area (Å²) in [6.07, 6.45) is 0. The van der Waals surface area contributed by atoms with Crippen molar-refractivity contribution >= 4 is 17.4 Å². The first-order valence-corrected chi connectivity index (χ1v) is 4.98. The van der Waals surface area contributed by atoms with Gasteiger partial charge < -0.3 is 0 Å². The highest BCUT2D eigenvalue weighted by atomic mass is 35.5. The van der Waals surface area contributed by atoms with Crippen molar-refractivity contribution < 1.29 is 13.6 Å². The lowest BCUT2D eigenvalue weighted by Crippen LogP contribution is -2.28. The lowest BCUT2D eigenvalue weighted by molar-refractivity contribution is -0.141. The van der Waals surface area contributed by atoms with Crippen LogP contribution in [0.25, 0.3) is 0 Å². The molecule has 0 N–H and O–H groups in total. The second-order valence-electron chi connectivity index (χ2n) is 3.45. The topological polar surface area (TPSA) is 17.1 Å². The molecule has 0 bridgehead atoms. The normalized spacial score (nSPS) is 11.5. The van der Waals surface area contributed by atoms with Crippen molar-refractivity contribution in [1.29, 1.82) is 0 Å². The highest BCUT2D eigenvalue weighted by Gasteiger charge is 2.40. The van der Waals surface area contributed by atoms with E-state index in [2.05, 4.69) is 0 Å². The molecule has 0 spiro atoms. The van der Waals surface area contributed by atoms with Crippen LogP contribution in [0.4, 0.5) is 8.78 Å². The summed E-state index contributed by atoms with van der Waals surface area (Å²) >= 11 is 5.14. The Bertz CT molecular complexity index is 388. The molecular weight excluding hydrogens is 222 g/mol. The molecule has 0 unspecified atom stereocenters. The van der Waals surface area contributed by atoms with Gasteiger partial charge in [-0.05, 0) is 19.4 Å². The molecule has 1 rings (SSSR count). The van der Waals surface area contributed by atoms with Crippen molar-refractivity contribution in [2.24, 2.45) is 0 Å². The van der Waals surface area contributed by atoms with Crippen LogP contribution in [-0.4, -0.2) is 11.7 Å². The van der Waals surface area contributed by atoms with E-state index in [1.54, 1.807) is 26.0 Å². The van der Waals surface area contributed by atoms with Gasteiger partial charge in [-0.1, -0.05) is 23.8 Å². The predicted molar refractivity (Wildman–Crippen MR) is 55.5 cm³/mol. The van der Waals surface area contributed by atoms with Gasteiger partial charge in [-0.2, -0.15) is 8.78 Å². The largest absolute Gasteiger partial charge is 0.331 e. The van der Waals surface area contributed by atoms with Crippen molar-refractivity contribution in [3.05, 3.63) is 34.9 Å². The van der Waals surface area contributed by atoms with E-state index >= 15 is 0 Å². The Morgan fingerprint density at radius 1 is 1.40 bits per heavy atom. The molecule has 0 heterocycles. The molecular formula is C11H11ClF2O. The van der Waals surface area contributed by atoms with Crippen LogP contribution in [0.1, 0.15) is 16.7 Å². The van der Waals surface area contributed by atoms with Crippen LogP contribution in [0, 0.1) is 13.8 Å². The smallest absolute Gasteiger partial charge is 0.291 e. The van der Waals surface area contributed by atoms with Crippen molar-refractivity contribution in [2.75, 3.05) is 5.88 Å². The third-order valence-electron chi connectivity index (χ3n) is 2.19. The fourth-order valence-electron chi connectivity index (χ4n) is 1.40. The molecule has 0 radical (unpaired) electrons. The molecule has 0 aliphatic heterocycles. The maximum absolute atomic E-state index is 13.5. The number of carbonyl (C=O) groups is 1. The molecule has 1 aromatic carbocycles. The average Bonchev–Trinajstić information content (AvgIpc) is 2.15. The Morgan fingerprint density at radius 3 is 2.47 bits per heavy atom. The molecule has 0 aromatic heterocycles. The number of hydrogen-bond donors (Lipinski definition) is 0. The van der Waals surface area contributed by atoms with Gasteiger partial charge in [0.05, 0.1) is 5.88 Å². The second-order valence-corrected chi connectivity index (χ2v) is 3.72. The zero-order valence-corrected chi connectivity index (χ0v) is 9.24. The quantitative estimate of drug-likeness (QED) is 0.732. The summed E-state index contributed by atoms with van der Waals surface area (Å²) in [7, 11) is 0. The molecule has 0 saturated carbocycles. The first-order chi connectivity index (χ1) is 6.89. The van der Waals surface area contributed by atoms with Gasteiger partial charge in [0, 0.05) is 5.56 Å². The maximum Gasteiger partial charge on any atom is 0.331 e. The van der Waals surface area contributed by atoms with Crippen molar-refractivity contribution in [1.82, 2.24) is 0 Å². The van der Waals surface area contributed by atoms with E-state index in [1.165, 1.54) is 6.07 Å². The molecule has 0 fully saturated rings. The summed E-state index contributed by atoms with van der Waals surface area (Å²) in [6, 6.07) is 4.44. The summed E-state index contributed by atoms with van der Waals surface area (Å²) in [5.41, 5.74) is 1.02. The molecule has 4 heteroatoms. The lowest BCUT2D eigenvalue weighted by Gasteiger charge is -2.16. The third kappa shape index (κ3) is 2.34. The number of benzene rings is 1. The van der Waals surface area contributed by atoms with E-state index in [9.17, 15) is 13.6 Å². The summed E-state index contributed by atoms with van der Waals surface area (Å²) < 4.78 is 27.0. The number of carbonyl (C=O) groups excluding carboxylic acids is 1. The minimum absolute atomic E-state index is 0.265. The molecule has 0 saturated heterocycles. The Morgan fingerprint density at radius 2 is 2.00 bits per heavy atom. The van der Waals surface area contributed by atoms with Crippen LogP contribution in [0.15, 0.2) is 18.2 Å². The number of hydrogen-bond acceptors (Lipinski definition) is 1. The van der Waals surface area contributed by atoms with Gasteiger partial charge in [-0.25, -0.2) is 0 Å². The summed E-state index contributed by atoms with van der Waals surface area (Å²) in [5, 5.41) is 0. The second kappa shape index (κ2) is 4.27. The summed E-state index contributed by atoms with van der Waals surface area (Å²) in [5.74, 6) is -5.43. The zero-order valence-electron chi connectivity index (χ0n) is 8.48. The fourth-order valence-corrected chi connectivity index (χ4v) is 1.57. The van der Waals surface area contributed by atoms with E-state index in [4.69, 9.17) is 11.6 Å². The Labute approximate surface area is 92.1 Å². The van der Waals surface area contributed by atoms with Gasteiger partial charge in [0.25, 0.3) is 0 Å². The molecule has 0 amide bonds. The van der Waals surface area contributed by atoms with E-state index in [-0.39, 0.29) is 5.56 Å². The number of halogens is 3. The number of alkyl halides is 3. The lowest BCUT2D eigenvalue weighted by atomic mass is 9.98. The number of ketones is 1. The number of Topliss-reactive ketones (excluding diaryl/α,β-unsaturated/α-hetero) is 1. The summed E-state index contributed by atoms with van der Waals surface area (Å²) in [6.45, 7) is 3.36. The first-order valence-electron chi connectivity index (χ1n) is 4.44. The van der Waals surface area contributed by atoms with Crippen molar-refractivity contribution in [2.45, 2.75) is 19.8 Å². The van der Waals surface area contributed by atoms with E-state index in [0.717, 1.165) is 5.56 Å². The SMILES string of the molecule is Cc1ccc(C(F)(F)C(=O)CCl)c(C)c1. The van der Waals surface area contributed by atoms with Gasteiger partial charge in [0.15, 0.2) is 0 Å². The Hall–Kier alpha value is -0.960. The molecule has 1 nitrogen and oxygen atoms in total. The Kier molecular flexibility index (Phi) is 3.45. The van der Waals surface area contributed by atoms with Crippen LogP contribution in [0.2, 0.25) is 0 Å². The highest BCUT2D eigenvalue weighted by Crippen LogP contribution is 2.32. The van der Waals surface area contributed by atoms with Crippen molar-refractivity contribution in [3.8, 4) is 0 Å². The van der Waals surface area contributed by atoms with E-state index in [0.29, 0.717) is 5.56 Å². The van der Waals surface area contributed by atoms with Crippen LogP contribution in [0.5, 0.6) is 0 Å². The molecule has 15 heavy (non-hydrogen) atoms. The van der Waals surface area contributed by atoms with Gasteiger partial charge in [0.2, 0.25) is 5.78 Å². The van der Waals surface area contributed by atoms with Gasteiger partial charge in [-0.3, -0.25) is 4.79 Å². The molecule has 1 aromatic rings. The minimum Gasteiger partial charge on any atom is -0.291 e. The number of aryl methyl sites for hydroxylation is 2. The van der Waals surface area contributed by atoms with Crippen LogP contribution >= 0.6 is 11.6 Å². The maximum atomic E-state index is 13.5. The summed E-state index contributed by atoms with van der Waals surface area (Å²) in [4.78, 5) is 11.0. The molecule has 0 atom stereocenters. The third-order valence-corrected chi connectivity index (χ3v) is 2.43. The monoisotopic (exact) mass is 232 g/mol. The minimum atomic E-state index is -3.49. The van der Waals surface area contributed by atoms with Crippen molar-refractivity contribution in [3.63, 3.8) is 0 Å². The van der Waals surface area contributed by atoms with Gasteiger partial charge in [0.1, 0.15) is 0 Å². The van der Waals surface area contributed by atoms with E-state index in [1.807, 2.05) is 0 Å². The average molecular weight is 233 g/mol. The van der Waals surface area contributed by atoms with Gasteiger partial charge in [-0.15, -0.1) is 11.6 Å². The first kappa shape index (κ1) is 12.1. The molecule has 0 aliphatic rings. The van der Waals surface area contributed by atoms with Gasteiger partial charge >= 0.3 is 5.92 Å². The van der Waals surface area contributed by atoms with Crippen LogP contribution in [0.3, 0.4) is 0 Å². The van der Waals surface area contributed by atoms with Crippen LogP contribution < -0.4 is 0 Å². The zero-order chi connectivity index (χ0) is 11.6. The van der Waals surface area contributed by atoms with E-state index < -0.39 is 17.6 Å². The Balaban J connectivity index is 3.21. The highest BCUT2D eigenvalue weighted by molar-refractivity contribution is 6.28. The number of rotatable bonds is 3. The van der Waals surface area contributed by atoms with Crippen LogP contribution in [-0.2, 0) is 10.7 Å². The predicted octanol–water partition coefficient (Wildman–Crippen LogP) is 3.20. The molecule has 82 valence electrons.